The number of hydrogen-bond donors (Lipinski definition) is 3. The molecule has 3 N–H and O–H groups in total. The Morgan fingerprint density at radius 1 is 1.13 bits per heavy atom. The molecule has 0 atom stereocenters. The Hall–Kier alpha value is -4.14. The number of phenols is 1. The maximum Gasteiger partial charge on any atom is 0.329 e. The van der Waals surface area contributed by atoms with E-state index in [1.54, 1.807) is 35.9 Å². The van der Waals surface area contributed by atoms with E-state index in [2.05, 4.69) is 20.5 Å². The Morgan fingerprint density at radius 2 is 1.84 bits per heavy atom. The maximum absolute atomic E-state index is 12.6. The van der Waals surface area contributed by atoms with E-state index in [1.807, 2.05) is 37.3 Å². The molecule has 9 heteroatoms. The summed E-state index contributed by atoms with van der Waals surface area (Å²) in [5.74, 6) is 0.531. The number of phenolic OH excluding ortho intramolecular Hbond substituents is 1. The Balaban J connectivity index is 1.74. The second kappa shape index (κ2) is 8.31. The lowest BCUT2D eigenvalue weighted by Gasteiger charge is -2.09. The summed E-state index contributed by atoms with van der Waals surface area (Å²) in [7, 11) is 1.56. The minimum Gasteiger partial charge on any atom is -0.508 e. The van der Waals surface area contributed by atoms with E-state index < -0.39 is 11.2 Å². The predicted octanol–water partition coefficient (Wildman–Crippen LogP) is 2.21. The molecule has 158 valence electrons. The monoisotopic (exact) mass is 418 g/mol. The molecule has 2 aromatic heterocycles. The van der Waals surface area contributed by atoms with E-state index in [1.165, 1.54) is 4.57 Å². The highest BCUT2D eigenvalue weighted by Crippen LogP contribution is 2.17. The van der Waals surface area contributed by atoms with Crippen molar-refractivity contribution < 1.29 is 5.11 Å². The van der Waals surface area contributed by atoms with Gasteiger partial charge in [0.2, 0.25) is 5.95 Å². The minimum atomic E-state index is -0.527. The molecule has 0 radical (unpaired) electrons. The highest BCUT2D eigenvalue weighted by Gasteiger charge is 2.17. The van der Waals surface area contributed by atoms with Crippen LogP contribution in [0.25, 0.3) is 11.2 Å². The van der Waals surface area contributed by atoms with E-state index in [0.717, 1.165) is 11.1 Å². The number of H-pyrrole nitrogens is 1. The maximum atomic E-state index is 12.6. The second-order valence-corrected chi connectivity index (χ2v) is 7.17. The number of rotatable bonds is 6. The van der Waals surface area contributed by atoms with Gasteiger partial charge in [-0.2, -0.15) is 10.1 Å². The Labute approximate surface area is 177 Å². The largest absolute Gasteiger partial charge is 0.508 e. The van der Waals surface area contributed by atoms with E-state index >= 15 is 0 Å². The van der Waals surface area contributed by atoms with Crippen molar-refractivity contribution in [2.24, 2.45) is 12.1 Å². The summed E-state index contributed by atoms with van der Waals surface area (Å²) in [6, 6.07) is 16.6. The molecule has 0 spiro atoms. The van der Waals surface area contributed by atoms with E-state index in [9.17, 15) is 14.7 Å². The summed E-state index contributed by atoms with van der Waals surface area (Å²) in [5, 5.41) is 13.9. The van der Waals surface area contributed by atoms with Crippen molar-refractivity contribution in [3.63, 3.8) is 0 Å². The summed E-state index contributed by atoms with van der Waals surface area (Å²) in [6.45, 7) is 2.29. The molecule has 0 bridgehead atoms. The third kappa shape index (κ3) is 4.11. The highest BCUT2D eigenvalue weighted by molar-refractivity contribution is 5.99. The van der Waals surface area contributed by atoms with Crippen LogP contribution in [0.2, 0.25) is 0 Å². The summed E-state index contributed by atoms with van der Waals surface area (Å²) in [4.78, 5) is 31.4. The van der Waals surface area contributed by atoms with Gasteiger partial charge in [0.1, 0.15) is 5.75 Å². The number of fused-ring (bicyclic) bond motifs is 1. The van der Waals surface area contributed by atoms with Gasteiger partial charge in [-0.15, -0.1) is 0 Å². The van der Waals surface area contributed by atoms with Crippen molar-refractivity contribution in [1.82, 2.24) is 19.1 Å². The molecule has 0 aliphatic rings. The van der Waals surface area contributed by atoms with Gasteiger partial charge in [-0.05, 0) is 48.7 Å². The molecule has 9 nitrogen and oxygen atoms in total. The van der Waals surface area contributed by atoms with Crippen molar-refractivity contribution in [2.45, 2.75) is 19.9 Å². The molecule has 31 heavy (non-hydrogen) atoms. The molecule has 2 aromatic carbocycles. The molecular weight excluding hydrogens is 396 g/mol. The summed E-state index contributed by atoms with van der Waals surface area (Å²) >= 11 is 0. The molecule has 0 aliphatic carbocycles. The summed E-state index contributed by atoms with van der Waals surface area (Å²) in [6.07, 6.45) is 0.671. The number of hydrogen-bond acceptors (Lipinski definition) is 6. The first kappa shape index (κ1) is 20.1. The van der Waals surface area contributed by atoms with Gasteiger partial charge >= 0.3 is 5.69 Å². The van der Waals surface area contributed by atoms with Crippen LogP contribution in [0.5, 0.6) is 5.75 Å². The first-order chi connectivity index (χ1) is 14.9. The molecule has 0 aliphatic heterocycles. The van der Waals surface area contributed by atoms with Crippen molar-refractivity contribution in [1.29, 1.82) is 0 Å². The predicted molar refractivity (Wildman–Crippen MR) is 120 cm³/mol. The number of hydrazone groups is 1. The molecule has 0 unspecified atom stereocenters. The normalized spacial score (nSPS) is 11.7. The van der Waals surface area contributed by atoms with Crippen LogP contribution in [0.1, 0.15) is 18.1 Å². The van der Waals surface area contributed by atoms with Crippen LogP contribution in [-0.2, 0) is 20.0 Å². The quantitative estimate of drug-likeness (QED) is 0.328. The lowest BCUT2D eigenvalue weighted by atomic mass is 10.1. The third-order valence-corrected chi connectivity index (χ3v) is 5.08. The number of nitrogens with one attached hydrogen (secondary N) is 2. The number of anilines is 1. The molecule has 0 saturated heterocycles. The highest BCUT2D eigenvalue weighted by atomic mass is 16.3. The van der Waals surface area contributed by atoms with Crippen molar-refractivity contribution in [3.8, 4) is 5.75 Å². The minimum absolute atomic E-state index is 0.173. The summed E-state index contributed by atoms with van der Waals surface area (Å²) in [5.41, 5.74) is 5.10. The average Bonchev–Trinajstić information content (AvgIpc) is 3.15. The van der Waals surface area contributed by atoms with Gasteiger partial charge < -0.3 is 9.67 Å². The number of benzene rings is 2. The van der Waals surface area contributed by atoms with Gasteiger partial charge in [-0.1, -0.05) is 30.3 Å². The Kier molecular flexibility index (Phi) is 5.40. The van der Waals surface area contributed by atoms with Gasteiger partial charge in [-0.25, -0.2) is 10.2 Å². The average molecular weight is 418 g/mol. The van der Waals surface area contributed by atoms with Crippen LogP contribution in [0.3, 0.4) is 0 Å². The molecular formula is C22H22N6O3. The zero-order valence-corrected chi connectivity index (χ0v) is 17.2. The number of imidazole rings is 1. The van der Waals surface area contributed by atoms with E-state index in [0.29, 0.717) is 30.1 Å². The van der Waals surface area contributed by atoms with Crippen LogP contribution in [0, 0.1) is 0 Å². The summed E-state index contributed by atoms with van der Waals surface area (Å²) < 4.78 is 3.03. The van der Waals surface area contributed by atoms with Crippen LogP contribution in [-0.4, -0.2) is 29.9 Å². The third-order valence-electron chi connectivity index (χ3n) is 5.08. The lowest BCUT2D eigenvalue weighted by Crippen LogP contribution is -2.29. The van der Waals surface area contributed by atoms with Crippen LogP contribution < -0.4 is 16.7 Å². The van der Waals surface area contributed by atoms with Gasteiger partial charge in [0.25, 0.3) is 5.56 Å². The van der Waals surface area contributed by atoms with E-state index in [-0.39, 0.29) is 11.4 Å². The van der Waals surface area contributed by atoms with Crippen molar-refractivity contribution in [2.75, 3.05) is 5.43 Å². The van der Waals surface area contributed by atoms with Crippen LogP contribution in [0.4, 0.5) is 5.95 Å². The Bertz CT molecular complexity index is 1360. The zero-order chi connectivity index (χ0) is 22.0. The zero-order valence-electron chi connectivity index (χ0n) is 17.2. The molecule has 2 heterocycles. The topological polar surface area (TPSA) is 117 Å². The number of aromatic nitrogens is 4. The first-order valence-electron chi connectivity index (χ1n) is 9.77. The fourth-order valence-electron chi connectivity index (χ4n) is 3.32. The number of aryl methyl sites for hydroxylation is 3. The van der Waals surface area contributed by atoms with Gasteiger partial charge in [0.15, 0.2) is 11.2 Å². The Morgan fingerprint density at radius 3 is 2.55 bits per heavy atom. The fourth-order valence-corrected chi connectivity index (χ4v) is 3.32. The van der Waals surface area contributed by atoms with E-state index in [4.69, 9.17) is 0 Å². The van der Waals surface area contributed by atoms with Crippen molar-refractivity contribution in [3.05, 3.63) is 86.6 Å². The fraction of sp³-hybridized carbons (Fsp3) is 0.182. The van der Waals surface area contributed by atoms with Crippen LogP contribution in [0.15, 0.2) is 69.3 Å². The smallest absolute Gasteiger partial charge is 0.329 e. The molecule has 4 aromatic rings. The number of nitrogens with zero attached hydrogens (tertiary/aromatic N) is 4. The number of aromatic hydroxyl groups is 1. The van der Waals surface area contributed by atoms with Crippen LogP contribution >= 0.6 is 0 Å². The molecule has 4 rings (SSSR count). The molecule has 0 saturated carbocycles. The van der Waals surface area contributed by atoms with Crippen molar-refractivity contribution >= 4 is 22.8 Å². The SMILES string of the molecule is C/C(=N/Nc1nc2c(c(=O)[nH]c(=O)n2C)n1CCc1ccccc1)c1ccc(O)cc1. The lowest BCUT2D eigenvalue weighted by molar-refractivity contribution is 0.475. The molecule has 0 amide bonds. The van der Waals surface area contributed by atoms with Gasteiger partial charge in [0, 0.05) is 13.6 Å². The first-order valence-corrected chi connectivity index (χ1v) is 9.77. The van der Waals surface area contributed by atoms with Gasteiger partial charge in [0.05, 0.1) is 5.71 Å². The molecule has 0 fully saturated rings. The second-order valence-electron chi connectivity index (χ2n) is 7.17. The number of aromatic amines is 1. The standard InChI is InChI=1S/C22H22N6O3/c1-14(16-8-10-17(29)11-9-16)25-26-21-23-19-18(20(30)24-22(31)27(19)2)28(21)13-12-15-6-4-3-5-7-15/h3-11,29H,12-13H2,1-2H3,(H,23,26)(H,24,30,31)/b25-14-. The van der Waals surface area contributed by atoms with Gasteiger partial charge in [-0.3, -0.25) is 14.3 Å².